The van der Waals surface area contributed by atoms with Gasteiger partial charge in [-0.1, -0.05) is 27.7 Å². The topological polar surface area (TPSA) is 80.0 Å². The first-order valence-corrected chi connectivity index (χ1v) is 6.04. The number of pyridine rings is 1. The fourth-order valence-corrected chi connectivity index (χ4v) is 2.38. The number of hydrogen-bond donors (Lipinski definition) is 3. The molecule has 1 fully saturated rings. The van der Waals surface area contributed by atoms with Gasteiger partial charge >= 0.3 is 0 Å². The summed E-state index contributed by atoms with van der Waals surface area (Å²) < 4.78 is 0. The first-order chi connectivity index (χ1) is 8.30. The number of carbonyl (C=O) groups is 1. The summed E-state index contributed by atoms with van der Waals surface area (Å²) in [5.41, 5.74) is 3.82. The average Bonchev–Trinajstić information content (AvgIpc) is 2.72. The SMILES string of the molecule is CC1(C)C(NC(=O)c2ccc(NN)cn2)C1(C)C. The standard InChI is InChI=1S/C13H20N4O/c1-12(2)11(13(12,3)4)16-10(18)9-6-5-8(17-14)7-15-9/h5-7,11,17H,14H2,1-4H3,(H,16,18). The van der Waals surface area contributed by atoms with E-state index in [1.54, 1.807) is 12.1 Å². The third-order valence-corrected chi connectivity index (χ3v) is 4.46. The summed E-state index contributed by atoms with van der Waals surface area (Å²) in [6.07, 6.45) is 1.54. The molecular weight excluding hydrogens is 228 g/mol. The van der Waals surface area contributed by atoms with Crippen molar-refractivity contribution < 1.29 is 4.79 Å². The number of nitrogens with zero attached hydrogens (tertiary/aromatic N) is 1. The smallest absolute Gasteiger partial charge is 0.270 e. The van der Waals surface area contributed by atoms with Crippen LogP contribution < -0.4 is 16.6 Å². The highest BCUT2D eigenvalue weighted by molar-refractivity contribution is 5.93. The van der Waals surface area contributed by atoms with E-state index in [0.29, 0.717) is 11.4 Å². The number of nitrogens with two attached hydrogens (primary N) is 1. The maximum atomic E-state index is 12.0. The highest BCUT2D eigenvalue weighted by atomic mass is 16.2. The van der Waals surface area contributed by atoms with Gasteiger partial charge in [0.1, 0.15) is 5.69 Å². The Hall–Kier alpha value is -1.62. The summed E-state index contributed by atoms with van der Waals surface area (Å²) in [7, 11) is 0. The normalized spacial score (nSPS) is 20.3. The van der Waals surface area contributed by atoms with Crippen LogP contribution in [0.5, 0.6) is 0 Å². The Kier molecular flexibility index (Phi) is 2.81. The van der Waals surface area contributed by atoms with Crippen LogP contribution in [0.3, 0.4) is 0 Å². The lowest BCUT2D eigenvalue weighted by Crippen LogP contribution is -2.30. The molecule has 1 aliphatic rings. The highest BCUT2D eigenvalue weighted by Gasteiger charge is 2.65. The fourth-order valence-electron chi connectivity index (χ4n) is 2.38. The molecule has 2 rings (SSSR count). The molecule has 0 unspecified atom stereocenters. The van der Waals surface area contributed by atoms with E-state index in [-0.39, 0.29) is 22.8 Å². The number of carbonyl (C=O) groups excluding carboxylic acids is 1. The highest BCUT2D eigenvalue weighted by Crippen LogP contribution is 2.62. The minimum absolute atomic E-state index is 0.126. The van der Waals surface area contributed by atoms with Gasteiger partial charge in [0.15, 0.2) is 0 Å². The molecule has 0 radical (unpaired) electrons. The second kappa shape index (κ2) is 3.95. The first-order valence-electron chi connectivity index (χ1n) is 6.04. The Morgan fingerprint density at radius 3 is 2.28 bits per heavy atom. The van der Waals surface area contributed by atoms with Gasteiger partial charge in [-0.3, -0.25) is 10.6 Å². The van der Waals surface area contributed by atoms with E-state index in [4.69, 9.17) is 5.84 Å². The maximum absolute atomic E-state index is 12.0. The molecule has 0 aliphatic heterocycles. The van der Waals surface area contributed by atoms with Crippen molar-refractivity contribution in [2.75, 3.05) is 5.43 Å². The van der Waals surface area contributed by atoms with Gasteiger partial charge in [0.25, 0.3) is 5.91 Å². The van der Waals surface area contributed by atoms with Crippen LogP contribution in [-0.4, -0.2) is 16.9 Å². The number of amides is 1. The van der Waals surface area contributed by atoms with Crippen molar-refractivity contribution in [2.45, 2.75) is 33.7 Å². The molecule has 0 aromatic carbocycles. The number of anilines is 1. The van der Waals surface area contributed by atoms with Crippen molar-refractivity contribution in [3.05, 3.63) is 24.0 Å². The Morgan fingerprint density at radius 2 is 1.89 bits per heavy atom. The van der Waals surface area contributed by atoms with Crippen molar-refractivity contribution in [1.29, 1.82) is 0 Å². The zero-order valence-corrected chi connectivity index (χ0v) is 11.2. The van der Waals surface area contributed by atoms with Crippen LogP contribution in [0.1, 0.15) is 38.2 Å². The molecule has 5 heteroatoms. The van der Waals surface area contributed by atoms with E-state index in [0.717, 1.165) is 0 Å². The number of rotatable bonds is 3. The quantitative estimate of drug-likeness (QED) is 0.560. The zero-order valence-electron chi connectivity index (χ0n) is 11.2. The molecule has 1 aromatic rings. The van der Waals surface area contributed by atoms with Crippen molar-refractivity contribution in [3.63, 3.8) is 0 Å². The van der Waals surface area contributed by atoms with Gasteiger partial charge in [-0.15, -0.1) is 0 Å². The maximum Gasteiger partial charge on any atom is 0.270 e. The van der Waals surface area contributed by atoms with Crippen LogP contribution in [0.2, 0.25) is 0 Å². The molecule has 98 valence electrons. The van der Waals surface area contributed by atoms with Crippen LogP contribution in [0.4, 0.5) is 5.69 Å². The summed E-state index contributed by atoms with van der Waals surface area (Å²) in [5.74, 6) is 5.11. The van der Waals surface area contributed by atoms with Gasteiger partial charge in [-0.25, -0.2) is 4.98 Å². The van der Waals surface area contributed by atoms with E-state index in [1.165, 1.54) is 6.20 Å². The molecule has 0 saturated heterocycles. The van der Waals surface area contributed by atoms with Gasteiger partial charge in [0.2, 0.25) is 0 Å². The predicted octanol–water partition coefficient (Wildman–Crippen LogP) is 1.53. The Balaban J connectivity index is 2.05. The molecule has 1 saturated carbocycles. The second-order valence-corrected chi connectivity index (χ2v) is 5.93. The minimum Gasteiger partial charge on any atom is -0.347 e. The Morgan fingerprint density at radius 1 is 1.28 bits per heavy atom. The molecular formula is C13H20N4O. The number of nitrogen functional groups attached to an aromatic ring is 1. The van der Waals surface area contributed by atoms with E-state index in [1.807, 2.05) is 0 Å². The molecule has 1 heterocycles. The van der Waals surface area contributed by atoms with Gasteiger partial charge in [-0.05, 0) is 23.0 Å². The zero-order chi connectivity index (χ0) is 13.6. The second-order valence-electron chi connectivity index (χ2n) is 5.93. The van der Waals surface area contributed by atoms with Crippen LogP contribution in [-0.2, 0) is 0 Å². The van der Waals surface area contributed by atoms with Crippen molar-refractivity contribution >= 4 is 11.6 Å². The van der Waals surface area contributed by atoms with E-state index in [2.05, 4.69) is 43.4 Å². The van der Waals surface area contributed by atoms with Crippen LogP contribution in [0, 0.1) is 10.8 Å². The molecule has 0 bridgehead atoms. The van der Waals surface area contributed by atoms with Crippen LogP contribution >= 0.6 is 0 Å². The lowest BCUT2D eigenvalue weighted by Gasteiger charge is -2.06. The largest absolute Gasteiger partial charge is 0.347 e. The molecule has 1 amide bonds. The van der Waals surface area contributed by atoms with E-state index in [9.17, 15) is 4.79 Å². The monoisotopic (exact) mass is 248 g/mol. The van der Waals surface area contributed by atoms with E-state index < -0.39 is 0 Å². The molecule has 18 heavy (non-hydrogen) atoms. The molecule has 5 nitrogen and oxygen atoms in total. The number of aromatic nitrogens is 1. The van der Waals surface area contributed by atoms with Gasteiger partial charge in [-0.2, -0.15) is 0 Å². The Bertz CT molecular complexity index is 450. The van der Waals surface area contributed by atoms with Crippen molar-refractivity contribution in [3.8, 4) is 0 Å². The third-order valence-electron chi connectivity index (χ3n) is 4.46. The van der Waals surface area contributed by atoms with Gasteiger partial charge < -0.3 is 10.7 Å². The van der Waals surface area contributed by atoms with Crippen LogP contribution in [0.15, 0.2) is 18.3 Å². The van der Waals surface area contributed by atoms with E-state index >= 15 is 0 Å². The summed E-state index contributed by atoms with van der Waals surface area (Å²) in [6.45, 7) is 8.64. The Labute approximate surface area is 107 Å². The summed E-state index contributed by atoms with van der Waals surface area (Å²) in [5, 5.41) is 3.04. The first kappa shape index (κ1) is 12.8. The predicted molar refractivity (Wildman–Crippen MR) is 70.9 cm³/mol. The third kappa shape index (κ3) is 1.84. The van der Waals surface area contributed by atoms with Gasteiger partial charge in [0.05, 0.1) is 11.9 Å². The molecule has 1 aromatic heterocycles. The van der Waals surface area contributed by atoms with Crippen molar-refractivity contribution in [2.24, 2.45) is 16.7 Å². The molecule has 4 N–H and O–H groups in total. The van der Waals surface area contributed by atoms with Gasteiger partial charge in [0, 0.05) is 6.04 Å². The summed E-state index contributed by atoms with van der Waals surface area (Å²) in [4.78, 5) is 16.1. The number of hydrogen-bond acceptors (Lipinski definition) is 4. The van der Waals surface area contributed by atoms with Crippen molar-refractivity contribution in [1.82, 2.24) is 10.3 Å². The number of nitrogens with one attached hydrogen (secondary N) is 2. The summed E-state index contributed by atoms with van der Waals surface area (Å²) in [6, 6.07) is 3.57. The van der Waals surface area contributed by atoms with Crippen LogP contribution in [0.25, 0.3) is 0 Å². The lowest BCUT2D eigenvalue weighted by molar-refractivity contribution is 0.0938. The average molecular weight is 248 g/mol. The fraction of sp³-hybridized carbons (Fsp3) is 0.538. The molecule has 1 aliphatic carbocycles. The lowest BCUT2D eigenvalue weighted by atomic mass is 10.0. The number of hydrazine groups is 1. The summed E-state index contributed by atoms with van der Waals surface area (Å²) >= 11 is 0. The molecule has 0 spiro atoms. The molecule has 0 atom stereocenters. The minimum atomic E-state index is -0.137.